The van der Waals surface area contributed by atoms with E-state index in [-0.39, 0.29) is 6.04 Å². The van der Waals surface area contributed by atoms with Crippen molar-refractivity contribution in [2.75, 3.05) is 12.0 Å². The molecule has 0 radical (unpaired) electrons. The molecule has 2 N–H and O–H groups in total. The van der Waals surface area contributed by atoms with Crippen molar-refractivity contribution in [2.45, 2.75) is 18.9 Å². The summed E-state index contributed by atoms with van der Waals surface area (Å²) in [6.45, 7) is 0. The van der Waals surface area contributed by atoms with Crippen molar-refractivity contribution in [3.8, 4) is 0 Å². The fraction of sp³-hybridized carbons (Fsp3) is 0.455. The summed E-state index contributed by atoms with van der Waals surface area (Å²) in [6, 6.07) is 8.65. The number of thioether (sulfide) groups is 1. The minimum atomic E-state index is 0.289. The van der Waals surface area contributed by atoms with Crippen LogP contribution in [0.1, 0.15) is 12.0 Å². The van der Waals surface area contributed by atoms with E-state index in [9.17, 15) is 0 Å². The number of hydrogen-bond acceptors (Lipinski definition) is 2. The molecule has 1 aromatic rings. The SMILES string of the molecule is CSCCC(N)Cc1cccc(Br)c1. The lowest BCUT2D eigenvalue weighted by atomic mass is 10.1. The van der Waals surface area contributed by atoms with Gasteiger partial charge in [0, 0.05) is 10.5 Å². The summed E-state index contributed by atoms with van der Waals surface area (Å²) in [5.74, 6) is 1.15. The Hall–Kier alpha value is 0.01000. The van der Waals surface area contributed by atoms with E-state index in [0.717, 1.165) is 23.1 Å². The molecule has 14 heavy (non-hydrogen) atoms. The molecule has 0 aliphatic rings. The average molecular weight is 274 g/mol. The normalized spacial score (nSPS) is 12.8. The lowest BCUT2D eigenvalue weighted by molar-refractivity contribution is 0.652. The Bertz CT molecular complexity index is 278. The average Bonchev–Trinajstić information content (AvgIpc) is 2.15. The molecule has 1 nitrogen and oxygen atoms in total. The second-order valence-electron chi connectivity index (χ2n) is 3.38. The van der Waals surface area contributed by atoms with Crippen LogP contribution in [-0.2, 0) is 6.42 Å². The molecule has 1 atom stereocenters. The molecule has 1 aromatic carbocycles. The quantitative estimate of drug-likeness (QED) is 0.893. The predicted molar refractivity (Wildman–Crippen MR) is 68.8 cm³/mol. The predicted octanol–water partition coefficient (Wildman–Crippen LogP) is 3.07. The van der Waals surface area contributed by atoms with Gasteiger partial charge in [0.1, 0.15) is 0 Å². The molecule has 1 unspecified atom stereocenters. The molecule has 0 saturated carbocycles. The number of nitrogens with two attached hydrogens (primary N) is 1. The Kier molecular flexibility index (Phi) is 5.60. The van der Waals surface area contributed by atoms with Crippen molar-refractivity contribution in [3.05, 3.63) is 34.3 Å². The minimum Gasteiger partial charge on any atom is -0.327 e. The molecule has 0 aromatic heterocycles. The van der Waals surface area contributed by atoms with Gasteiger partial charge in [-0.2, -0.15) is 11.8 Å². The Morgan fingerprint density at radius 2 is 2.29 bits per heavy atom. The number of hydrogen-bond donors (Lipinski definition) is 1. The van der Waals surface area contributed by atoms with Gasteiger partial charge in [0.25, 0.3) is 0 Å². The highest BCUT2D eigenvalue weighted by Crippen LogP contribution is 2.13. The summed E-state index contributed by atoms with van der Waals surface area (Å²) in [5, 5.41) is 0. The van der Waals surface area contributed by atoms with Gasteiger partial charge in [-0.1, -0.05) is 28.1 Å². The van der Waals surface area contributed by atoms with Crippen LogP contribution in [0.5, 0.6) is 0 Å². The summed E-state index contributed by atoms with van der Waals surface area (Å²) in [7, 11) is 0. The summed E-state index contributed by atoms with van der Waals surface area (Å²) < 4.78 is 1.13. The first-order valence-corrected chi connectivity index (χ1v) is 6.90. The minimum absolute atomic E-state index is 0.289. The maximum Gasteiger partial charge on any atom is 0.0178 e. The van der Waals surface area contributed by atoms with Crippen molar-refractivity contribution in [3.63, 3.8) is 0 Å². The molecule has 0 fully saturated rings. The third-order valence-corrected chi connectivity index (χ3v) is 3.22. The van der Waals surface area contributed by atoms with Crippen LogP contribution in [0, 0.1) is 0 Å². The zero-order chi connectivity index (χ0) is 10.4. The van der Waals surface area contributed by atoms with Crippen molar-refractivity contribution in [1.29, 1.82) is 0 Å². The van der Waals surface area contributed by atoms with Gasteiger partial charge in [-0.05, 0) is 42.5 Å². The van der Waals surface area contributed by atoms with Crippen LogP contribution in [-0.4, -0.2) is 18.1 Å². The third-order valence-electron chi connectivity index (χ3n) is 2.08. The smallest absolute Gasteiger partial charge is 0.0178 e. The van der Waals surface area contributed by atoms with Crippen molar-refractivity contribution in [1.82, 2.24) is 0 Å². The van der Waals surface area contributed by atoms with E-state index in [1.54, 1.807) is 0 Å². The topological polar surface area (TPSA) is 26.0 Å². The second-order valence-corrected chi connectivity index (χ2v) is 5.28. The van der Waals surface area contributed by atoms with E-state index in [1.165, 1.54) is 5.56 Å². The van der Waals surface area contributed by atoms with Gasteiger partial charge >= 0.3 is 0 Å². The van der Waals surface area contributed by atoms with Crippen molar-refractivity contribution < 1.29 is 0 Å². The van der Waals surface area contributed by atoms with Crippen LogP contribution >= 0.6 is 27.7 Å². The molecular weight excluding hydrogens is 258 g/mol. The highest BCUT2D eigenvalue weighted by Gasteiger charge is 2.03. The standard InChI is InChI=1S/C11H16BrNS/c1-14-6-5-11(13)8-9-3-2-4-10(12)7-9/h2-4,7,11H,5-6,8,13H2,1H3. The monoisotopic (exact) mass is 273 g/mol. The zero-order valence-electron chi connectivity index (χ0n) is 8.37. The van der Waals surface area contributed by atoms with Crippen LogP contribution in [0.3, 0.4) is 0 Å². The number of rotatable bonds is 5. The van der Waals surface area contributed by atoms with Crippen LogP contribution in [0.4, 0.5) is 0 Å². The van der Waals surface area contributed by atoms with Gasteiger partial charge < -0.3 is 5.73 Å². The molecule has 0 aliphatic carbocycles. The summed E-state index contributed by atoms with van der Waals surface area (Å²) in [6.07, 6.45) is 4.18. The Balaban J connectivity index is 2.43. The Morgan fingerprint density at radius 1 is 1.50 bits per heavy atom. The molecule has 3 heteroatoms. The lowest BCUT2D eigenvalue weighted by Gasteiger charge is -2.10. The lowest BCUT2D eigenvalue weighted by Crippen LogP contribution is -2.23. The van der Waals surface area contributed by atoms with E-state index in [2.05, 4.69) is 40.4 Å². The van der Waals surface area contributed by atoms with Gasteiger partial charge in [0.05, 0.1) is 0 Å². The molecule has 0 bridgehead atoms. The van der Waals surface area contributed by atoms with Crippen LogP contribution in [0.15, 0.2) is 28.7 Å². The number of halogens is 1. The molecule has 1 rings (SSSR count). The van der Waals surface area contributed by atoms with Crippen molar-refractivity contribution in [2.24, 2.45) is 5.73 Å². The molecule has 0 aliphatic heterocycles. The first-order chi connectivity index (χ1) is 6.72. The molecule has 0 heterocycles. The largest absolute Gasteiger partial charge is 0.327 e. The maximum absolute atomic E-state index is 6.01. The van der Waals surface area contributed by atoms with Crippen LogP contribution in [0.2, 0.25) is 0 Å². The highest BCUT2D eigenvalue weighted by molar-refractivity contribution is 9.10. The van der Waals surface area contributed by atoms with Crippen LogP contribution in [0.25, 0.3) is 0 Å². The van der Waals surface area contributed by atoms with Gasteiger partial charge in [-0.25, -0.2) is 0 Å². The first kappa shape index (κ1) is 12.1. The fourth-order valence-corrected chi connectivity index (χ4v) is 2.32. The Morgan fingerprint density at radius 3 is 2.93 bits per heavy atom. The summed E-state index contributed by atoms with van der Waals surface area (Å²) in [5.41, 5.74) is 7.33. The maximum atomic E-state index is 6.01. The van der Waals surface area contributed by atoms with E-state index < -0.39 is 0 Å². The fourth-order valence-electron chi connectivity index (χ4n) is 1.34. The molecule has 0 spiro atoms. The number of benzene rings is 1. The van der Waals surface area contributed by atoms with E-state index in [1.807, 2.05) is 17.8 Å². The Labute approximate surface area is 98.6 Å². The summed E-state index contributed by atoms with van der Waals surface area (Å²) in [4.78, 5) is 0. The summed E-state index contributed by atoms with van der Waals surface area (Å²) >= 11 is 5.31. The van der Waals surface area contributed by atoms with Gasteiger partial charge in [0.2, 0.25) is 0 Å². The molecule has 0 amide bonds. The molecule has 78 valence electrons. The molecular formula is C11H16BrNS. The van der Waals surface area contributed by atoms with Gasteiger partial charge in [0.15, 0.2) is 0 Å². The zero-order valence-corrected chi connectivity index (χ0v) is 10.8. The van der Waals surface area contributed by atoms with E-state index in [4.69, 9.17) is 5.73 Å². The van der Waals surface area contributed by atoms with Gasteiger partial charge in [-0.15, -0.1) is 0 Å². The van der Waals surface area contributed by atoms with E-state index >= 15 is 0 Å². The first-order valence-electron chi connectivity index (χ1n) is 4.71. The molecule has 0 saturated heterocycles. The van der Waals surface area contributed by atoms with Crippen molar-refractivity contribution >= 4 is 27.7 Å². The van der Waals surface area contributed by atoms with Gasteiger partial charge in [-0.3, -0.25) is 0 Å². The van der Waals surface area contributed by atoms with Crippen LogP contribution < -0.4 is 5.73 Å². The van der Waals surface area contributed by atoms with E-state index in [0.29, 0.717) is 0 Å². The third kappa shape index (κ3) is 4.49. The second kappa shape index (κ2) is 6.49. The highest BCUT2D eigenvalue weighted by atomic mass is 79.9.